The molecular formula is C9H15N5O4S3. The summed E-state index contributed by atoms with van der Waals surface area (Å²) in [7, 11) is -5.84. The van der Waals surface area contributed by atoms with E-state index in [1.54, 1.807) is 18.6 Å². The predicted molar refractivity (Wildman–Crippen MR) is 80.4 cm³/mol. The van der Waals surface area contributed by atoms with Crippen molar-refractivity contribution in [3.05, 3.63) is 11.6 Å². The van der Waals surface area contributed by atoms with E-state index in [4.69, 9.17) is 5.14 Å². The maximum atomic E-state index is 12.3. The van der Waals surface area contributed by atoms with Gasteiger partial charge < -0.3 is 5.32 Å². The summed E-state index contributed by atoms with van der Waals surface area (Å²) in [6.07, 6.45) is 1.70. The van der Waals surface area contributed by atoms with Gasteiger partial charge in [0.15, 0.2) is 15.8 Å². The van der Waals surface area contributed by atoms with Crippen molar-refractivity contribution < 1.29 is 16.8 Å². The normalized spacial score (nSPS) is 12.9. The molecule has 0 bridgehead atoms. The number of hydrogen-bond donors (Lipinski definition) is 3. The first-order valence-corrected chi connectivity index (χ1v) is 9.96. The van der Waals surface area contributed by atoms with Gasteiger partial charge >= 0.3 is 0 Å². The standard InChI is InChI=1S/C9H15N5O4S3/c1-11-7-8(14-4-5-19-9(14)13-7)21(17,18)12-3-2-6-20(10,15)16/h4-5,11-12H,2-3,6H2,1H3,(H2,10,15,16). The van der Waals surface area contributed by atoms with Crippen LogP contribution in [-0.4, -0.2) is 45.6 Å². The van der Waals surface area contributed by atoms with Crippen LogP contribution in [0.2, 0.25) is 0 Å². The fourth-order valence-electron chi connectivity index (χ4n) is 1.73. The van der Waals surface area contributed by atoms with Crippen LogP contribution < -0.4 is 15.2 Å². The second-order valence-electron chi connectivity index (χ2n) is 4.19. The molecule has 0 aliphatic heterocycles. The third-order valence-corrected chi connectivity index (χ3v) is 5.70. The van der Waals surface area contributed by atoms with E-state index in [9.17, 15) is 16.8 Å². The summed E-state index contributed by atoms with van der Waals surface area (Å²) in [5, 5.41) is 9.31. The molecule has 0 aliphatic rings. The number of anilines is 1. The Morgan fingerprint density at radius 1 is 1.38 bits per heavy atom. The Kier molecular flexibility index (Phi) is 4.53. The van der Waals surface area contributed by atoms with Crippen molar-refractivity contribution >= 4 is 42.2 Å². The zero-order valence-corrected chi connectivity index (χ0v) is 13.6. The number of aromatic nitrogens is 2. The number of thiazole rings is 1. The van der Waals surface area contributed by atoms with Gasteiger partial charge in [-0.2, -0.15) is 0 Å². The average molecular weight is 353 g/mol. The molecule has 2 heterocycles. The average Bonchev–Trinajstić information content (AvgIpc) is 2.92. The number of nitrogens with one attached hydrogen (secondary N) is 2. The van der Waals surface area contributed by atoms with Gasteiger partial charge in [0.25, 0.3) is 10.0 Å². The Balaban J connectivity index is 2.19. The van der Waals surface area contributed by atoms with Gasteiger partial charge in [-0.3, -0.25) is 4.40 Å². The highest BCUT2D eigenvalue weighted by Gasteiger charge is 2.25. The molecule has 0 amide bonds. The van der Waals surface area contributed by atoms with Gasteiger partial charge in [0, 0.05) is 25.2 Å². The minimum atomic E-state index is -3.81. The van der Waals surface area contributed by atoms with E-state index in [1.807, 2.05) is 0 Å². The minimum Gasteiger partial charge on any atom is -0.371 e. The molecule has 0 aromatic carbocycles. The SMILES string of the molecule is CNc1nc2sccn2c1S(=O)(=O)NCCCS(N)(=O)=O. The van der Waals surface area contributed by atoms with E-state index in [1.165, 1.54) is 15.7 Å². The molecule has 0 saturated heterocycles. The Labute approximate surface area is 126 Å². The highest BCUT2D eigenvalue weighted by Crippen LogP contribution is 2.24. The lowest BCUT2D eigenvalue weighted by molar-refractivity contribution is 0.573. The molecule has 12 heteroatoms. The summed E-state index contributed by atoms with van der Waals surface area (Å²) in [5.74, 6) is -0.0462. The monoisotopic (exact) mass is 353 g/mol. The second kappa shape index (κ2) is 5.88. The molecule has 2 aromatic rings. The molecule has 0 saturated carbocycles. The van der Waals surface area contributed by atoms with E-state index in [0.717, 1.165) is 0 Å². The summed E-state index contributed by atoms with van der Waals surface area (Å²) in [5.41, 5.74) is 0. The number of fused-ring (bicyclic) bond motifs is 1. The van der Waals surface area contributed by atoms with Gasteiger partial charge in [0.05, 0.1) is 5.75 Å². The van der Waals surface area contributed by atoms with Crippen molar-refractivity contribution in [2.24, 2.45) is 5.14 Å². The molecule has 4 N–H and O–H groups in total. The number of primary sulfonamides is 1. The Morgan fingerprint density at radius 2 is 2.10 bits per heavy atom. The first-order valence-electron chi connectivity index (χ1n) is 5.88. The van der Waals surface area contributed by atoms with Crippen LogP contribution in [0.5, 0.6) is 0 Å². The summed E-state index contributed by atoms with van der Waals surface area (Å²) < 4.78 is 50.1. The van der Waals surface area contributed by atoms with Crippen molar-refractivity contribution in [1.29, 1.82) is 0 Å². The third-order valence-electron chi connectivity index (χ3n) is 2.61. The first kappa shape index (κ1) is 16.2. The number of nitrogens with zero attached hydrogens (tertiary/aromatic N) is 2. The largest absolute Gasteiger partial charge is 0.371 e. The lowest BCUT2D eigenvalue weighted by Gasteiger charge is -2.07. The van der Waals surface area contributed by atoms with E-state index >= 15 is 0 Å². The van der Waals surface area contributed by atoms with Crippen LogP contribution >= 0.6 is 11.3 Å². The fourth-order valence-corrected chi connectivity index (χ4v) is 4.41. The number of sulfonamides is 2. The van der Waals surface area contributed by atoms with Crippen molar-refractivity contribution in [3.8, 4) is 0 Å². The number of hydrogen-bond acceptors (Lipinski definition) is 7. The minimum absolute atomic E-state index is 0.00291. The van der Waals surface area contributed by atoms with Crippen LogP contribution in [0.3, 0.4) is 0 Å². The van der Waals surface area contributed by atoms with Crippen LogP contribution in [0.1, 0.15) is 6.42 Å². The van der Waals surface area contributed by atoms with E-state index in [-0.39, 0.29) is 29.6 Å². The molecule has 0 spiro atoms. The molecule has 21 heavy (non-hydrogen) atoms. The Bertz CT molecular complexity index is 836. The Morgan fingerprint density at radius 3 is 2.71 bits per heavy atom. The molecule has 0 aliphatic carbocycles. The van der Waals surface area contributed by atoms with Crippen molar-refractivity contribution in [1.82, 2.24) is 14.1 Å². The highest BCUT2D eigenvalue weighted by atomic mass is 32.2. The smallest absolute Gasteiger partial charge is 0.260 e. The first-order chi connectivity index (χ1) is 9.74. The van der Waals surface area contributed by atoms with Crippen LogP contribution in [0.15, 0.2) is 16.6 Å². The molecule has 0 atom stereocenters. The summed E-state index contributed by atoms with van der Waals surface area (Å²) in [4.78, 5) is 4.71. The zero-order valence-electron chi connectivity index (χ0n) is 11.1. The van der Waals surface area contributed by atoms with Gasteiger partial charge in [-0.1, -0.05) is 0 Å². The lowest BCUT2D eigenvalue weighted by Crippen LogP contribution is -2.28. The molecule has 0 unspecified atom stereocenters. The summed E-state index contributed by atoms with van der Waals surface area (Å²) >= 11 is 1.31. The summed E-state index contributed by atoms with van der Waals surface area (Å²) in [6, 6.07) is 0. The van der Waals surface area contributed by atoms with Crippen LogP contribution in [0.25, 0.3) is 4.96 Å². The maximum Gasteiger partial charge on any atom is 0.260 e. The van der Waals surface area contributed by atoms with Gasteiger partial charge in [0.2, 0.25) is 10.0 Å². The quantitative estimate of drug-likeness (QED) is 0.568. The molecule has 2 rings (SSSR count). The molecule has 0 fully saturated rings. The van der Waals surface area contributed by atoms with Gasteiger partial charge in [-0.15, -0.1) is 11.3 Å². The zero-order chi connectivity index (χ0) is 15.7. The number of imidazole rings is 1. The second-order valence-corrected chi connectivity index (χ2v) is 8.48. The molecular weight excluding hydrogens is 338 g/mol. The van der Waals surface area contributed by atoms with E-state index in [0.29, 0.717) is 4.96 Å². The van der Waals surface area contributed by atoms with Crippen LogP contribution in [0, 0.1) is 0 Å². The van der Waals surface area contributed by atoms with Crippen molar-refractivity contribution in [2.75, 3.05) is 24.7 Å². The Hall–Kier alpha value is -1.21. The predicted octanol–water partition coefficient (Wildman–Crippen LogP) is -0.606. The maximum absolute atomic E-state index is 12.3. The number of rotatable bonds is 7. The summed E-state index contributed by atoms with van der Waals surface area (Å²) in [6.45, 7) is -0.0285. The van der Waals surface area contributed by atoms with Crippen molar-refractivity contribution in [2.45, 2.75) is 11.4 Å². The lowest BCUT2D eigenvalue weighted by atomic mass is 10.5. The molecule has 2 aromatic heterocycles. The van der Waals surface area contributed by atoms with Crippen LogP contribution in [0.4, 0.5) is 5.82 Å². The van der Waals surface area contributed by atoms with E-state index in [2.05, 4.69) is 15.0 Å². The fraction of sp³-hybridized carbons (Fsp3) is 0.444. The molecule has 118 valence electrons. The molecule has 9 nitrogen and oxygen atoms in total. The topological polar surface area (TPSA) is 136 Å². The molecule has 0 radical (unpaired) electrons. The highest BCUT2D eigenvalue weighted by molar-refractivity contribution is 7.89. The van der Waals surface area contributed by atoms with Crippen molar-refractivity contribution in [3.63, 3.8) is 0 Å². The van der Waals surface area contributed by atoms with E-state index < -0.39 is 20.0 Å². The van der Waals surface area contributed by atoms with Gasteiger partial charge in [0.1, 0.15) is 0 Å². The van der Waals surface area contributed by atoms with Crippen LogP contribution in [-0.2, 0) is 20.0 Å². The third kappa shape index (κ3) is 3.71. The van der Waals surface area contributed by atoms with Gasteiger partial charge in [-0.25, -0.2) is 31.7 Å². The number of nitrogens with two attached hydrogens (primary N) is 1. The van der Waals surface area contributed by atoms with Gasteiger partial charge in [-0.05, 0) is 6.42 Å².